The van der Waals surface area contributed by atoms with Crippen molar-refractivity contribution in [2.24, 2.45) is 0 Å². The fourth-order valence-electron chi connectivity index (χ4n) is 8.18. The molecule has 0 spiro atoms. The van der Waals surface area contributed by atoms with Gasteiger partial charge in [0.15, 0.2) is 17.5 Å². The molecule has 0 atom stereocenters. The van der Waals surface area contributed by atoms with E-state index in [4.69, 9.17) is 15.0 Å². The standard InChI is InChI=1S/C52H31N5S/c53-32-40-31-39(25-27-44(40)57-45-23-9-7-21-41(45)42-26-28-47-48(49(42)57)43-22-8-10-24-46(43)58-47)52-55-50(37-19-11-17-35(29-37)33-13-3-1-4-14-33)54-51(56-52)38-20-12-18-36(30-38)34-15-5-2-6-16-34/h1-31H. The molecule has 5 nitrogen and oxygen atoms in total. The number of fused-ring (bicyclic) bond motifs is 7. The summed E-state index contributed by atoms with van der Waals surface area (Å²) >= 11 is 1.80. The minimum absolute atomic E-state index is 0.492. The highest BCUT2D eigenvalue weighted by atomic mass is 32.1. The highest BCUT2D eigenvalue weighted by Gasteiger charge is 2.21. The lowest BCUT2D eigenvalue weighted by molar-refractivity contribution is 1.07. The summed E-state index contributed by atoms with van der Waals surface area (Å²) < 4.78 is 4.72. The molecule has 3 aromatic heterocycles. The second kappa shape index (κ2) is 13.8. The quantitative estimate of drug-likeness (QED) is 0.169. The van der Waals surface area contributed by atoms with Crippen LogP contribution in [-0.2, 0) is 0 Å². The molecule has 0 unspecified atom stereocenters. The van der Waals surface area contributed by atoms with Crippen LogP contribution in [0.4, 0.5) is 0 Å². The van der Waals surface area contributed by atoms with Gasteiger partial charge in [0, 0.05) is 47.6 Å². The smallest absolute Gasteiger partial charge is 0.164 e. The Morgan fingerprint density at radius 2 is 0.948 bits per heavy atom. The molecular formula is C52H31N5S. The molecule has 0 N–H and O–H groups in total. The first-order chi connectivity index (χ1) is 28.7. The maximum atomic E-state index is 10.9. The molecule has 0 bridgehead atoms. The molecule has 3 heterocycles. The predicted molar refractivity (Wildman–Crippen MR) is 239 cm³/mol. The monoisotopic (exact) mass is 757 g/mol. The van der Waals surface area contributed by atoms with Crippen LogP contribution in [0, 0.1) is 11.3 Å². The molecular weight excluding hydrogens is 727 g/mol. The van der Waals surface area contributed by atoms with Gasteiger partial charge in [-0.3, -0.25) is 0 Å². The highest BCUT2D eigenvalue weighted by molar-refractivity contribution is 7.26. The van der Waals surface area contributed by atoms with E-state index in [9.17, 15) is 5.26 Å². The lowest BCUT2D eigenvalue weighted by Crippen LogP contribution is -2.02. The third-order valence-electron chi connectivity index (χ3n) is 10.9. The Balaban J connectivity index is 1.11. The van der Waals surface area contributed by atoms with Crippen LogP contribution in [0.3, 0.4) is 0 Å². The van der Waals surface area contributed by atoms with Crippen LogP contribution in [0.5, 0.6) is 0 Å². The van der Waals surface area contributed by atoms with Crippen molar-refractivity contribution in [1.82, 2.24) is 19.5 Å². The summed E-state index contributed by atoms with van der Waals surface area (Å²) in [5, 5.41) is 15.6. The Hall–Kier alpha value is -7.72. The van der Waals surface area contributed by atoms with Crippen molar-refractivity contribution in [1.29, 1.82) is 5.26 Å². The molecule has 0 radical (unpaired) electrons. The van der Waals surface area contributed by atoms with Crippen LogP contribution >= 0.6 is 11.3 Å². The van der Waals surface area contributed by atoms with Crippen molar-refractivity contribution in [3.05, 3.63) is 194 Å². The molecule has 6 heteroatoms. The summed E-state index contributed by atoms with van der Waals surface area (Å²) in [6.07, 6.45) is 0. The van der Waals surface area contributed by atoms with E-state index in [0.29, 0.717) is 23.0 Å². The molecule has 0 aliphatic carbocycles. The van der Waals surface area contributed by atoms with Crippen molar-refractivity contribution in [2.75, 3.05) is 0 Å². The second-order valence-electron chi connectivity index (χ2n) is 14.3. The van der Waals surface area contributed by atoms with Crippen molar-refractivity contribution in [2.45, 2.75) is 0 Å². The van der Waals surface area contributed by atoms with Crippen LogP contribution < -0.4 is 0 Å². The van der Waals surface area contributed by atoms with Gasteiger partial charge in [-0.15, -0.1) is 11.3 Å². The van der Waals surface area contributed by atoms with Gasteiger partial charge >= 0.3 is 0 Å². The molecule has 0 amide bonds. The van der Waals surface area contributed by atoms with E-state index in [0.717, 1.165) is 66.4 Å². The maximum absolute atomic E-state index is 10.9. The first-order valence-electron chi connectivity index (χ1n) is 19.2. The lowest BCUT2D eigenvalue weighted by atomic mass is 10.0. The van der Waals surface area contributed by atoms with Gasteiger partial charge in [0.25, 0.3) is 0 Å². The van der Waals surface area contributed by atoms with Crippen molar-refractivity contribution in [3.63, 3.8) is 0 Å². The van der Waals surface area contributed by atoms with Gasteiger partial charge in [-0.05, 0) is 70.8 Å². The largest absolute Gasteiger partial charge is 0.307 e. The van der Waals surface area contributed by atoms with Gasteiger partial charge in [-0.25, -0.2) is 15.0 Å². The summed E-state index contributed by atoms with van der Waals surface area (Å²) in [7, 11) is 0. The van der Waals surface area contributed by atoms with Gasteiger partial charge < -0.3 is 4.57 Å². The zero-order chi connectivity index (χ0) is 38.6. The molecule has 8 aromatic carbocycles. The molecule has 58 heavy (non-hydrogen) atoms. The summed E-state index contributed by atoms with van der Waals surface area (Å²) in [4.78, 5) is 15.3. The minimum Gasteiger partial charge on any atom is -0.307 e. The molecule has 0 fully saturated rings. The molecule has 270 valence electrons. The van der Waals surface area contributed by atoms with Crippen LogP contribution in [0.2, 0.25) is 0 Å². The van der Waals surface area contributed by atoms with E-state index in [1.165, 1.54) is 20.2 Å². The van der Waals surface area contributed by atoms with Crippen molar-refractivity contribution in [3.8, 4) is 68.2 Å². The van der Waals surface area contributed by atoms with E-state index < -0.39 is 0 Å². The van der Waals surface area contributed by atoms with E-state index in [1.54, 1.807) is 11.3 Å². The van der Waals surface area contributed by atoms with E-state index in [-0.39, 0.29) is 0 Å². The predicted octanol–water partition coefficient (Wildman–Crippen LogP) is 13.5. The van der Waals surface area contributed by atoms with Gasteiger partial charge in [0.1, 0.15) is 6.07 Å². The van der Waals surface area contributed by atoms with Gasteiger partial charge in [-0.1, -0.05) is 140 Å². The number of para-hydroxylation sites is 1. The normalized spacial score (nSPS) is 11.4. The van der Waals surface area contributed by atoms with Gasteiger partial charge in [0.05, 0.1) is 22.3 Å². The van der Waals surface area contributed by atoms with Crippen LogP contribution in [0.15, 0.2) is 188 Å². The van der Waals surface area contributed by atoms with Crippen LogP contribution in [0.1, 0.15) is 5.56 Å². The van der Waals surface area contributed by atoms with Crippen LogP contribution in [-0.4, -0.2) is 19.5 Å². The summed E-state index contributed by atoms with van der Waals surface area (Å²) in [5.74, 6) is 1.60. The molecule has 0 aliphatic rings. The first-order valence-corrected chi connectivity index (χ1v) is 20.0. The number of benzene rings is 8. The minimum atomic E-state index is 0.492. The van der Waals surface area contributed by atoms with Gasteiger partial charge in [0.2, 0.25) is 0 Å². The highest BCUT2D eigenvalue weighted by Crippen LogP contribution is 2.43. The summed E-state index contributed by atoms with van der Waals surface area (Å²) in [6.45, 7) is 0. The number of hydrogen-bond acceptors (Lipinski definition) is 5. The van der Waals surface area contributed by atoms with E-state index >= 15 is 0 Å². The SMILES string of the molecule is N#Cc1cc(-c2nc(-c3cccc(-c4ccccc4)c3)nc(-c3cccc(-c4ccccc4)c3)n2)ccc1-n1c2ccccc2c2ccc3sc4ccccc4c3c21. The molecule has 11 rings (SSSR count). The number of rotatable bonds is 6. The number of aromatic nitrogens is 4. The fraction of sp³-hybridized carbons (Fsp3) is 0. The Labute approximate surface area is 338 Å². The fourth-order valence-corrected chi connectivity index (χ4v) is 9.28. The van der Waals surface area contributed by atoms with Crippen LogP contribution in [0.25, 0.3) is 104 Å². The summed E-state index contributed by atoms with van der Waals surface area (Å²) in [6, 6.07) is 67.3. The molecule has 0 aliphatic heterocycles. The lowest BCUT2D eigenvalue weighted by Gasteiger charge is -2.13. The summed E-state index contributed by atoms with van der Waals surface area (Å²) in [5.41, 5.74) is 10.3. The average Bonchev–Trinajstić information content (AvgIpc) is 3.85. The van der Waals surface area contributed by atoms with Crippen molar-refractivity contribution >= 4 is 53.3 Å². The number of hydrogen-bond donors (Lipinski definition) is 0. The zero-order valence-corrected chi connectivity index (χ0v) is 31.9. The Morgan fingerprint density at radius 3 is 1.59 bits per heavy atom. The third-order valence-corrected chi connectivity index (χ3v) is 12.0. The number of nitrogens with zero attached hydrogens (tertiary/aromatic N) is 5. The molecule has 0 saturated heterocycles. The second-order valence-corrected chi connectivity index (χ2v) is 15.4. The Kier molecular flexibility index (Phi) is 7.99. The van der Waals surface area contributed by atoms with Crippen molar-refractivity contribution < 1.29 is 0 Å². The zero-order valence-electron chi connectivity index (χ0n) is 31.0. The Bertz CT molecular complexity index is 3310. The van der Waals surface area contributed by atoms with E-state index in [1.807, 2.05) is 78.9 Å². The molecule has 11 aromatic rings. The Morgan fingerprint density at radius 1 is 0.414 bits per heavy atom. The number of nitriles is 1. The third kappa shape index (κ3) is 5.64. The van der Waals surface area contributed by atoms with E-state index in [2.05, 4.69) is 120 Å². The topological polar surface area (TPSA) is 67.4 Å². The first kappa shape index (κ1) is 33.6. The van der Waals surface area contributed by atoms with Gasteiger partial charge in [-0.2, -0.15) is 5.26 Å². The molecule has 0 saturated carbocycles. The maximum Gasteiger partial charge on any atom is 0.164 e. The number of thiophene rings is 1. The average molecular weight is 758 g/mol.